The molecule has 2 aliphatic heterocycles. The van der Waals surface area contributed by atoms with Crippen LogP contribution in [-0.2, 0) is 0 Å². The van der Waals surface area contributed by atoms with E-state index in [1.807, 2.05) is 6.07 Å². The Hall–Kier alpha value is -1.40. The van der Waals surface area contributed by atoms with Crippen LogP contribution in [0, 0.1) is 5.92 Å². The predicted molar refractivity (Wildman–Crippen MR) is 97.4 cm³/mol. The highest BCUT2D eigenvalue weighted by Crippen LogP contribution is 2.24. The highest BCUT2D eigenvalue weighted by Gasteiger charge is 2.24. The quantitative estimate of drug-likeness (QED) is 0.795. The summed E-state index contributed by atoms with van der Waals surface area (Å²) in [5.74, 6) is 2.54. The van der Waals surface area contributed by atoms with Gasteiger partial charge in [-0.3, -0.25) is 0 Å². The lowest BCUT2D eigenvalue weighted by molar-refractivity contribution is 0.239. The lowest BCUT2D eigenvalue weighted by Crippen LogP contribution is -2.42. The fraction of sp³-hybridized carbons (Fsp3) is 0.778. The third-order valence-corrected chi connectivity index (χ3v) is 5.27. The van der Waals surface area contributed by atoms with Crippen LogP contribution in [0.2, 0.25) is 0 Å². The molecule has 2 atom stereocenters. The Bertz CT molecular complexity index is 512. The summed E-state index contributed by atoms with van der Waals surface area (Å²) in [4.78, 5) is 13.6. The van der Waals surface area contributed by atoms with Gasteiger partial charge in [-0.15, -0.1) is 0 Å². The lowest BCUT2D eigenvalue weighted by Gasteiger charge is -2.35. The standard InChI is InChI=1S/C18H31N5O/c1-2-7-22-9-6-15(12-22)11-19-17-10-18(21-14-20-17)23-8-4-3-5-16(23)13-24/h10,14-16,24H,2-9,11-13H2,1H3,(H,19,20,21). The normalized spacial score (nSPS) is 25.2. The van der Waals surface area contributed by atoms with E-state index in [9.17, 15) is 5.11 Å². The van der Waals surface area contributed by atoms with E-state index in [-0.39, 0.29) is 12.6 Å². The Morgan fingerprint density at radius 2 is 2.17 bits per heavy atom. The molecule has 2 aliphatic rings. The Balaban J connectivity index is 1.55. The van der Waals surface area contributed by atoms with Crippen LogP contribution in [0.4, 0.5) is 11.6 Å². The summed E-state index contributed by atoms with van der Waals surface area (Å²) in [5.41, 5.74) is 0. The second-order valence-electron chi connectivity index (χ2n) is 7.12. The van der Waals surface area contributed by atoms with E-state index < -0.39 is 0 Å². The molecule has 6 nitrogen and oxygen atoms in total. The number of nitrogens with one attached hydrogen (secondary N) is 1. The molecule has 2 unspecified atom stereocenters. The average molecular weight is 333 g/mol. The van der Waals surface area contributed by atoms with Crippen molar-refractivity contribution in [3.63, 3.8) is 0 Å². The van der Waals surface area contributed by atoms with Crippen LogP contribution in [0.3, 0.4) is 0 Å². The van der Waals surface area contributed by atoms with Gasteiger partial charge in [0.05, 0.1) is 12.6 Å². The third-order valence-electron chi connectivity index (χ3n) is 5.27. The van der Waals surface area contributed by atoms with Crippen molar-refractivity contribution in [1.82, 2.24) is 14.9 Å². The van der Waals surface area contributed by atoms with Crippen molar-refractivity contribution >= 4 is 11.6 Å². The van der Waals surface area contributed by atoms with E-state index in [1.165, 1.54) is 45.3 Å². The molecule has 6 heteroatoms. The molecule has 1 aromatic heterocycles. The largest absolute Gasteiger partial charge is 0.394 e. The van der Waals surface area contributed by atoms with Crippen LogP contribution in [0.25, 0.3) is 0 Å². The molecule has 1 aromatic rings. The minimum atomic E-state index is 0.193. The Morgan fingerprint density at radius 3 is 3.00 bits per heavy atom. The molecule has 2 N–H and O–H groups in total. The van der Waals surface area contributed by atoms with Crippen LogP contribution in [0.15, 0.2) is 12.4 Å². The van der Waals surface area contributed by atoms with E-state index in [2.05, 4.69) is 32.0 Å². The molecule has 0 saturated carbocycles. The van der Waals surface area contributed by atoms with Crippen molar-refractivity contribution < 1.29 is 5.11 Å². The summed E-state index contributed by atoms with van der Waals surface area (Å²) in [6, 6.07) is 2.23. The van der Waals surface area contributed by atoms with Gasteiger partial charge in [-0.2, -0.15) is 0 Å². The fourth-order valence-corrected chi connectivity index (χ4v) is 3.94. The van der Waals surface area contributed by atoms with Crippen LogP contribution in [-0.4, -0.2) is 65.3 Å². The first-order valence-electron chi connectivity index (χ1n) is 9.46. The molecule has 0 aromatic carbocycles. The first-order chi connectivity index (χ1) is 11.8. The zero-order valence-corrected chi connectivity index (χ0v) is 14.8. The summed E-state index contributed by atoms with van der Waals surface area (Å²) in [7, 11) is 0. The SMILES string of the molecule is CCCN1CCC(CNc2cc(N3CCCCC3CO)ncn2)C1. The van der Waals surface area contributed by atoms with E-state index in [0.29, 0.717) is 5.92 Å². The molecule has 134 valence electrons. The van der Waals surface area contributed by atoms with Crippen molar-refractivity contribution in [3.8, 4) is 0 Å². The van der Waals surface area contributed by atoms with Crippen LogP contribution in [0.5, 0.6) is 0 Å². The van der Waals surface area contributed by atoms with Crippen molar-refractivity contribution in [3.05, 3.63) is 12.4 Å². The van der Waals surface area contributed by atoms with Crippen LogP contribution in [0.1, 0.15) is 39.0 Å². The molecular formula is C18H31N5O. The number of piperidine rings is 1. The minimum Gasteiger partial charge on any atom is -0.394 e. The zero-order chi connectivity index (χ0) is 16.8. The number of nitrogens with zero attached hydrogens (tertiary/aromatic N) is 4. The number of aromatic nitrogens is 2. The van der Waals surface area contributed by atoms with Gasteiger partial charge in [-0.1, -0.05) is 6.92 Å². The van der Waals surface area contributed by atoms with Gasteiger partial charge in [0.25, 0.3) is 0 Å². The van der Waals surface area contributed by atoms with Gasteiger partial charge >= 0.3 is 0 Å². The number of hydrogen-bond donors (Lipinski definition) is 2. The van der Waals surface area contributed by atoms with Gasteiger partial charge < -0.3 is 20.2 Å². The van der Waals surface area contributed by atoms with E-state index in [0.717, 1.165) is 31.1 Å². The Labute approximate surface area is 145 Å². The molecule has 0 spiro atoms. The van der Waals surface area contributed by atoms with Crippen molar-refractivity contribution in [2.45, 2.75) is 45.1 Å². The van der Waals surface area contributed by atoms with E-state index in [1.54, 1.807) is 6.33 Å². The molecule has 0 aliphatic carbocycles. The van der Waals surface area contributed by atoms with Crippen molar-refractivity contribution in [1.29, 1.82) is 0 Å². The monoisotopic (exact) mass is 333 g/mol. The first-order valence-corrected chi connectivity index (χ1v) is 9.46. The number of likely N-dealkylation sites (tertiary alicyclic amines) is 1. The maximum Gasteiger partial charge on any atom is 0.134 e. The molecule has 0 amide bonds. The second-order valence-corrected chi connectivity index (χ2v) is 7.12. The summed E-state index contributed by atoms with van der Waals surface area (Å²) < 4.78 is 0. The Morgan fingerprint density at radius 1 is 1.25 bits per heavy atom. The lowest BCUT2D eigenvalue weighted by atomic mass is 10.0. The van der Waals surface area contributed by atoms with Gasteiger partial charge in [0, 0.05) is 25.7 Å². The molecule has 3 heterocycles. The van der Waals surface area contributed by atoms with E-state index >= 15 is 0 Å². The van der Waals surface area contributed by atoms with Gasteiger partial charge in [0.15, 0.2) is 0 Å². The first kappa shape index (κ1) is 17.4. The number of aliphatic hydroxyl groups is 1. The molecule has 0 radical (unpaired) electrons. The highest BCUT2D eigenvalue weighted by molar-refractivity contribution is 5.49. The smallest absolute Gasteiger partial charge is 0.134 e. The van der Waals surface area contributed by atoms with Crippen LogP contribution >= 0.6 is 0 Å². The number of hydrogen-bond acceptors (Lipinski definition) is 6. The zero-order valence-electron chi connectivity index (χ0n) is 14.8. The molecule has 2 saturated heterocycles. The predicted octanol–water partition coefficient (Wildman–Crippen LogP) is 1.97. The number of aliphatic hydroxyl groups excluding tert-OH is 1. The molecule has 0 bridgehead atoms. The van der Waals surface area contributed by atoms with E-state index in [4.69, 9.17) is 0 Å². The van der Waals surface area contributed by atoms with Gasteiger partial charge in [-0.05, 0) is 51.1 Å². The second kappa shape index (κ2) is 8.62. The summed E-state index contributed by atoms with van der Waals surface area (Å²) in [6.45, 7) is 8.01. The molecule has 24 heavy (non-hydrogen) atoms. The molecular weight excluding hydrogens is 302 g/mol. The number of anilines is 2. The maximum atomic E-state index is 9.60. The van der Waals surface area contributed by atoms with Gasteiger partial charge in [0.1, 0.15) is 18.0 Å². The summed E-state index contributed by atoms with van der Waals surface area (Å²) in [6.07, 6.45) is 7.53. The van der Waals surface area contributed by atoms with Crippen molar-refractivity contribution in [2.24, 2.45) is 5.92 Å². The highest BCUT2D eigenvalue weighted by atomic mass is 16.3. The maximum absolute atomic E-state index is 9.60. The average Bonchev–Trinajstić information content (AvgIpc) is 3.08. The Kier molecular flexibility index (Phi) is 6.26. The minimum absolute atomic E-state index is 0.193. The summed E-state index contributed by atoms with van der Waals surface area (Å²) >= 11 is 0. The van der Waals surface area contributed by atoms with Crippen molar-refractivity contribution in [2.75, 3.05) is 49.5 Å². The topological polar surface area (TPSA) is 64.5 Å². The van der Waals surface area contributed by atoms with Crippen LogP contribution < -0.4 is 10.2 Å². The van der Waals surface area contributed by atoms with Gasteiger partial charge in [-0.25, -0.2) is 9.97 Å². The third kappa shape index (κ3) is 4.36. The molecule has 2 fully saturated rings. The van der Waals surface area contributed by atoms with Gasteiger partial charge in [0.2, 0.25) is 0 Å². The number of rotatable bonds is 7. The molecule has 3 rings (SSSR count). The fourth-order valence-electron chi connectivity index (χ4n) is 3.94. The summed E-state index contributed by atoms with van der Waals surface area (Å²) in [5, 5.41) is 13.1.